The summed E-state index contributed by atoms with van der Waals surface area (Å²) in [5.41, 5.74) is 4.71. The Balaban J connectivity index is 1.44. The molecule has 2 radical (unpaired) electrons. The van der Waals surface area contributed by atoms with E-state index in [2.05, 4.69) is 5.32 Å². The van der Waals surface area contributed by atoms with Gasteiger partial charge in [-0.15, -0.1) is 0 Å². The number of phenols is 1. The summed E-state index contributed by atoms with van der Waals surface area (Å²) in [5, 5.41) is 25.2. The minimum absolute atomic E-state index is 0.133. The number of hydrogen-bond acceptors (Lipinski definition) is 3. The van der Waals surface area contributed by atoms with Gasteiger partial charge in [0.25, 0.3) is 5.91 Å². The van der Waals surface area contributed by atoms with Gasteiger partial charge in [-0.3, -0.25) is 9.69 Å². The van der Waals surface area contributed by atoms with Crippen molar-refractivity contribution in [2.45, 2.75) is 13.5 Å². The van der Waals surface area contributed by atoms with Gasteiger partial charge in [0.15, 0.2) is 0 Å². The Labute approximate surface area is 241 Å². The smallest absolute Gasteiger partial charge is 0.412 e. The van der Waals surface area contributed by atoms with Gasteiger partial charge in [0.1, 0.15) is 15.3 Å². The Morgan fingerprint density at radius 2 is 1.46 bits per heavy atom. The maximum atomic E-state index is 13.4. The number of amides is 2. The number of carbonyl (C=O) groups is 2. The third-order valence-electron chi connectivity index (χ3n) is 6.79. The van der Waals surface area contributed by atoms with E-state index in [1.54, 1.807) is 24.3 Å². The predicted molar refractivity (Wildman–Crippen MR) is 165 cm³/mol. The highest BCUT2D eigenvalue weighted by Crippen LogP contribution is 2.33. The Bertz CT molecular complexity index is 1670. The molecule has 0 aliphatic rings. The highest BCUT2D eigenvalue weighted by molar-refractivity contribution is 6.67. The van der Waals surface area contributed by atoms with Crippen LogP contribution >= 0.6 is 0 Å². The van der Waals surface area contributed by atoms with Crippen LogP contribution < -0.4 is 20.6 Å². The SMILES string of the molecule is Cc1c(O)cccc1[Si]c1ccc(C(=O)Nc2cc(-c3ccccc3)ccc2N(Cc2ccccc2)C(=O)O)cc1. The lowest BCUT2D eigenvalue weighted by molar-refractivity contribution is 0.102. The van der Waals surface area contributed by atoms with E-state index < -0.39 is 6.09 Å². The first-order valence-electron chi connectivity index (χ1n) is 13.1. The Kier molecular flexibility index (Phi) is 8.27. The van der Waals surface area contributed by atoms with Crippen molar-refractivity contribution in [3.8, 4) is 16.9 Å². The third-order valence-corrected chi connectivity index (χ3v) is 8.22. The van der Waals surface area contributed by atoms with Gasteiger partial charge in [0.05, 0.1) is 17.9 Å². The van der Waals surface area contributed by atoms with E-state index in [0.29, 0.717) is 26.5 Å². The summed E-state index contributed by atoms with van der Waals surface area (Å²) in [7, 11) is 0.332. The van der Waals surface area contributed by atoms with E-state index in [0.717, 1.165) is 32.6 Å². The summed E-state index contributed by atoms with van der Waals surface area (Å²) in [5.74, 6) is -0.0767. The number of anilines is 2. The first-order chi connectivity index (χ1) is 19.9. The van der Waals surface area contributed by atoms with Gasteiger partial charge in [-0.2, -0.15) is 0 Å². The summed E-state index contributed by atoms with van der Waals surface area (Å²) >= 11 is 0. The summed E-state index contributed by atoms with van der Waals surface area (Å²) in [6, 6.07) is 37.3. The topological polar surface area (TPSA) is 89.9 Å². The monoisotopic (exact) mass is 556 g/mol. The number of phenolic OH excluding ortho intramolecular Hbond substituents is 1. The number of carboxylic acid groups (broad SMARTS) is 1. The number of rotatable bonds is 8. The van der Waals surface area contributed by atoms with Crippen LogP contribution in [0.5, 0.6) is 5.75 Å². The lowest BCUT2D eigenvalue weighted by Crippen LogP contribution is -2.30. The summed E-state index contributed by atoms with van der Waals surface area (Å²) in [6.07, 6.45) is -1.12. The molecule has 2 amide bonds. The van der Waals surface area contributed by atoms with Gasteiger partial charge in [-0.05, 0) is 59.5 Å². The maximum absolute atomic E-state index is 13.4. The first-order valence-corrected chi connectivity index (χ1v) is 14.1. The molecule has 7 heteroatoms. The fourth-order valence-electron chi connectivity index (χ4n) is 4.52. The van der Waals surface area contributed by atoms with Crippen LogP contribution in [-0.4, -0.2) is 31.7 Å². The normalized spacial score (nSPS) is 10.7. The second kappa shape index (κ2) is 12.4. The third kappa shape index (κ3) is 6.54. The first kappa shape index (κ1) is 27.4. The number of hydrogen-bond donors (Lipinski definition) is 3. The molecule has 0 bridgehead atoms. The average molecular weight is 557 g/mol. The molecule has 41 heavy (non-hydrogen) atoms. The molecule has 0 fully saturated rings. The van der Waals surface area contributed by atoms with Gasteiger partial charge < -0.3 is 15.5 Å². The van der Waals surface area contributed by atoms with E-state index in [1.807, 2.05) is 104 Å². The van der Waals surface area contributed by atoms with Crippen molar-refractivity contribution in [1.29, 1.82) is 0 Å². The van der Waals surface area contributed by atoms with E-state index >= 15 is 0 Å². The molecule has 3 N–H and O–H groups in total. The molecular formula is C34H28N2O4Si. The minimum Gasteiger partial charge on any atom is -0.508 e. The van der Waals surface area contributed by atoms with Crippen LogP contribution in [0, 0.1) is 6.92 Å². The fraction of sp³-hybridized carbons (Fsp3) is 0.0588. The zero-order valence-corrected chi connectivity index (χ0v) is 23.4. The van der Waals surface area contributed by atoms with Gasteiger partial charge in [0.2, 0.25) is 0 Å². The molecular weight excluding hydrogens is 528 g/mol. The fourth-order valence-corrected chi connectivity index (χ4v) is 5.66. The molecule has 0 saturated heterocycles. The van der Waals surface area contributed by atoms with E-state index in [4.69, 9.17) is 0 Å². The molecule has 6 nitrogen and oxygen atoms in total. The summed E-state index contributed by atoms with van der Waals surface area (Å²) < 4.78 is 0. The second-order valence-electron chi connectivity index (χ2n) is 9.56. The Morgan fingerprint density at radius 3 is 2.15 bits per heavy atom. The Hall–Kier alpha value is -5.14. The van der Waals surface area contributed by atoms with Crippen molar-refractivity contribution in [3.05, 3.63) is 138 Å². The van der Waals surface area contributed by atoms with E-state index in [-0.39, 0.29) is 18.2 Å². The predicted octanol–water partition coefficient (Wildman–Crippen LogP) is 5.96. The molecule has 0 atom stereocenters. The average Bonchev–Trinajstić information content (AvgIpc) is 2.99. The Morgan fingerprint density at radius 1 is 0.780 bits per heavy atom. The lowest BCUT2D eigenvalue weighted by Gasteiger charge is -2.23. The van der Waals surface area contributed by atoms with Crippen molar-refractivity contribution < 1.29 is 19.8 Å². The number of benzene rings is 5. The molecule has 202 valence electrons. The lowest BCUT2D eigenvalue weighted by atomic mass is 10.0. The number of nitrogens with one attached hydrogen (secondary N) is 1. The highest BCUT2D eigenvalue weighted by atomic mass is 28.2. The zero-order valence-electron chi connectivity index (χ0n) is 22.4. The molecule has 0 aliphatic heterocycles. The molecule has 5 rings (SSSR count). The summed E-state index contributed by atoms with van der Waals surface area (Å²) in [6.45, 7) is 2.02. The van der Waals surface area contributed by atoms with Crippen molar-refractivity contribution in [2.24, 2.45) is 0 Å². The van der Waals surface area contributed by atoms with E-state index in [9.17, 15) is 19.8 Å². The van der Waals surface area contributed by atoms with Crippen LogP contribution in [-0.2, 0) is 6.54 Å². The molecule has 0 heterocycles. The highest BCUT2D eigenvalue weighted by Gasteiger charge is 2.21. The molecule has 0 unspecified atom stereocenters. The van der Waals surface area contributed by atoms with Crippen molar-refractivity contribution in [2.75, 3.05) is 10.2 Å². The number of nitrogens with zero attached hydrogens (tertiary/aromatic N) is 1. The largest absolute Gasteiger partial charge is 0.508 e. The van der Waals surface area contributed by atoms with Crippen LogP contribution in [0.2, 0.25) is 0 Å². The second-order valence-corrected chi connectivity index (χ2v) is 10.9. The van der Waals surface area contributed by atoms with Gasteiger partial charge in [-0.1, -0.05) is 101 Å². The van der Waals surface area contributed by atoms with Crippen LogP contribution in [0.3, 0.4) is 0 Å². The van der Waals surface area contributed by atoms with Gasteiger partial charge in [0, 0.05) is 5.56 Å². The maximum Gasteiger partial charge on any atom is 0.412 e. The zero-order chi connectivity index (χ0) is 28.8. The molecule has 0 saturated carbocycles. The quantitative estimate of drug-likeness (QED) is 0.206. The van der Waals surface area contributed by atoms with Crippen molar-refractivity contribution >= 4 is 43.3 Å². The molecule has 0 aromatic heterocycles. The van der Waals surface area contributed by atoms with Gasteiger partial charge >= 0.3 is 6.09 Å². The van der Waals surface area contributed by atoms with Crippen LogP contribution in [0.15, 0.2) is 121 Å². The van der Waals surface area contributed by atoms with Gasteiger partial charge in [-0.25, -0.2) is 4.79 Å². The molecule has 0 aliphatic carbocycles. The standard InChI is InChI=1S/C34H28N2O4Si/c1-23-31(37)13-8-14-32(23)41-28-18-15-26(16-19-28)33(38)35-29-21-27(25-11-6-3-7-12-25)17-20-30(29)36(34(39)40)22-24-9-4-2-5-10-24/h2-21,37H,22H2,1H3,(H,35,38)(H,39,40). The van der Waals surface area contributed by atoms with Crippen LogP contribution in [0.4, 0.5) is 16.2 Å². The van der Waals surface area contributed by atoms with Crippen LogP contribution in [0.1, 0.15) is 21.5 Å². The van der Waals surface area contributed by atoms with Crippen molar-refractivity contribution in [1.82, 2.24) is 0 Å². The molecule has 5 aromatic rings. The minimum atomic E-state index is -1.12. The summed E-state index contributed by atoms with van der Waals surface area (Å²) in [4.78, 5) is 27.1. The van der Waals surface area contributed by atoms with E-state index in [1.165, 1.54) is 4.90 Å². The number of aromatic hydroxyl groups is 1. The molecule has 0 spiro atoms. The van der Waals surface area contributed by atoms with Crippen LogP contribution in [0.25, 0.3) is 11.1 Å². The molecule has 5 aromatic carbocycles. The van der Waals surface area contributed by atoms with Crippen molar-refractivity contribution in [3.63, 3.8) is 0 Å². The number of carbonyl (C=O) groups excluding carboxylic acids is 1.